The molecule has 4 nitrogen and oxygen atoms in total. The second kappa shape index (κ2) is 5.17. The molecule has 0 spiro atoms. The van der Waals surface area contributed by atoms with Gasteiger partial charge in [0, 0.05) is 19.2 Å². The molecule has 1 N–H and O–H groups in total. The molecule has 0 amide bonds. The van der Waals surface area contributed by atoms with E-state index in [1.165, 1.54) is 0 Å². The van der Waals surface area contributed by atoms with E-state index in [9.17, 15) is 0 Å². The van der Waals surface area contributed by atoms with Gasteiger partial charge < -0.3 is 14.3 Å². The monoisotopic (exact) mass is 204 g/mol. The van der Waals surface area contributed by atoms with Crippen molar-refractivity contribution in [2.24, 2.45) is 0 Å². The summed E-state index contributed by atoms with van der Waals surface area (Å²) in [4.78, 5) is 0. The van der Waals surface area contributed by atoms with Gasteiger partial charge in [0.05, 0.1) is 12.0 Å². The van der Waals surface area contributed by atoms with E-state index in [-0.39, 0.29) is 0 Å². The van der Waals surface area contributed by atoms with Crippen LogP contribution in [-0.4, -0.2) is 11.7 Å². The van der Waals surface area contributed by atoms with Crippen LogP contribution in [0.15, 0.2) is 45.7 Å². The first kappa shape index (κ1) is 9.73. The van der Waals surface area contributed by atoms with Gasteiger partial charge in [-0.3, -0.25) is 0 Å². The highest BCUT2D eigenvalue weighted by Gasteiger charge is 1.93. The highest BCUT2D eigenvalue weighted by molar-refractivity contribution is 5.42. The number of aromatic nitrogens is 1. The molecule has 2 rings (SSSR count). The fourth-order valence-electron chi connectivity index (χ4n) is 1.17. The minimum atomic E-state index is 0.707. The Kier molecular flexibility index (Phi) is 3.35. The van der Waals surface area contributed by atoms with E-state index in [0.29, 0.717) is 6.54 Å². The molecule has 2 heterocycles. The van der Waals surface area contributed by atoms with E-state index in [1.807, 2.05) is 30.4 Å². The van der Waals surface area contributed by atoms with Gasteiger partial charge in [0.2, 0.25) is 0 Å². The van der Waals surface area contributed by atoms with Crippen molar-refractivity contribution in [2.75, 3.05) is 6.54 Å². The lowest BCUT2D eigenvalue weighted by molar-refractivity contribution is 0.409. The van der Waals surface area contributed by atoms with Crippen molar-refractivity contribution in [3.63, 3.8) is 0 Å². The molecule has 0 atom stereocenters. The summed E-state index contributed by atoms with van der Waals surface area (Å²) in [7, 11) is 0. The first-order valence-electron chi connectivity index (χ1n) is 4.75. The average Bonchev–Trinajstić information content (AvgIpc) is 2.88. The molecular weight excluding hydrogens is 192 g/mol. The van der Waals surface area contributed by atoms with Crippen LogP contribution in [0.1, 0.15) is 11.5 Å². The highest BCUT2D eigenvalue weighted by Crippen LogP contribution is 2.01. The Bertz CT molecular complexity index is 390. The van der Waals surface area contributed by atoms with E-state index in [2.05, 4.69) is 10.5 Å². The third-order valence-corrected chi connectivity index (χ3v) is 1.88. The van der Waals surface area contributed by atoms with Gasteiger partial charge in [0.25, 0.3) is 0 Å². The van der Waals surface area contributed by atoms with Crippen LogP contribution in [0.2, 0.25) is 0 Å². The number of rotatable bonds is 5. The summed E-state index contributed by atoms with van der Waals surface area (Å²) in [6.07, 6.45) is 7.15. The molecule has 0 fully saturated rings. The second-order valence-electron chi connectivity index (χ2n) is 3.04. The molecular formula is C11H12N2O2. The van der Waals surface area contributed by atoms with Crippen molar-refractivity contribution in [3.8, 4) is 0 Å². The Hall–Kier alpha value is -1.81. The van der Waals surface area contributed by atoms with Crippen molar-refractivity contribution in [1.82, 2.24) is 10.5 Å². The molecule has 0 aliphatic rings. The topological polar surface area (TPSA) is 51.2 Å². The molecule has 0 unspecified atom stereocenters. The Balaban J connectivity index is 1.67. The Morgan fingerprint density at radius 2 is 2.33 bits per heavy atom. The number of nitrogens with one attached hydrogen (secondary N) is 1. The lowest BCUT2D eigenvalue weighted by Crippen LogP contribution is -2.12. The zero-order valence-corrected chi connectivity index (χ0v) is 8.22. The van der Waals surface area contributed by atoms with Crippen LogP contribution < -0.4 is 5.32 Å². The van der Waals surface area contributed by atoms with Crippen molar-refractivity contribution in [1.29, 1.82) is 0 Å². The van der Waals surface area contributed by atoms with E-state index in [4.69, 9.17) is 8.94 Å². The molecule has 0 saturated carbocycles. The van der Waals surface area contributed by atoms with Gasteiger partial charge in [0.15, 0.2) is 0 Å². The standard InChI is InChI=1S/C11H12N2O2/c1(3-11-4-2-7-14-11)6-12-9-10-5-8-15-13-10/h1-5,7-8,12H,6,9H2/b3-1+. The van der Waals surface area contributed by atoms with E-state index in [1.54, 1.807) is 12.5 Å². The molecule has 2 aromatic heterocycles. The summed E-state index contributed by atoms with van der Waals surface area (Å²) >= 11 is 0. The molecule has 0 aliphatic heterocycles. The molecule has 0 bridgehead atoms. The van der Waals surface area contributed by atoms with Crippen LogP contribution in [0.25, 0.3) is 6.08 Å². The normalized spacial score (nSPS) is 11.2. The minimum Gasteiger partial charge on any atom is -0.465 e. The van der Waals surface area contributed by atoms with Gasteiger partial charge in [-0.25, -0.2) is 0 Å². The number of furan rings is 1. The van der Waals surface area contributed by atoms with Gasteiger partial charge >= 0.3 is 0 Å². The minimum absolute atomic E-state index is 0.707. The van der Waals surface area contributed by atoms with Crippen molar-refractivity contribution < 1.29 is 8.94 Å². The zero-order valence-electron chi connectivity index (χ0n) is 8.22. The average molecular weight is 204 g/mol. The summed E-state index contributed by atoms with van der Waals surface area (Å²) in [6.45, 7) is 1.48. The third kappa shape index (κ3) is 3.11. The van der Waals surface area contributed by atoms with E-state index < -0.39 is 0 Å². The van der Waals surface area contributed by atoms with Gasteiger partial charge in [-0.15, -0.1) is 0 Å². The third-order valence-electron chi connectivity index (χ3n) is 1.88. The Morgan fingerprint density at radius 1 is 1.33 bits per heavy atom. The molecule has 2 aromatic rings. The maximum atomic E-state index is 5.14. The van der Waals surface area contributed by atoms with Gasteiger partial charge in [-0.1, -0.05) is 11.2 Å². The lowest BCUT2D eigenvalue weighted by Gasteiger charge is -1.95. The molecule has 0 aromatic carbocycles. The maximum Gasteiger partial charge on any atom is 0.126 e. The number of hydrogen-bond donors (Lipinski definition) is 1. The predicted octanol–water partition coefficient (Wildman–Crippen LogP) is 2.07. The predicted molar refractivity (Wildman–Crippen MR) is 56.0 cm³/mol. The van der Waals surface area contributed by atoms with Gasteiger partial charge in [0.1, 0.15) is 12.0 Å². The summed E-state index contributed by atoms with van der Waals surface area (Å²) in [5.74, 6) is 0.859. The van der Waals surface area contributed by atoms with E-state index >= 15 is 0 Å². The Labute approximate surface area is 87.6 Å². The fourth-order valence-corrected chi connectivity index (χ4v) is 1.17. The lowest BCUT2D eigenvalue weighted by atomic mass is 10.4. The SMILES string of the molecule is C(=C\c1ccco1)/CNCc1ccon1. The van der Waals surface area contributed by atoms with Crippen molar-refractivity contribution in [2.45, 2.75) is 6.54 Å². The van der Waals surface area contributed by atoms with Crippen LogP contribution in [0.4, 0.5) is 0 Å². The summed E-state index contributed by atoms with van der Waals surface area (Å²) < 4.78 is 9.85. The Morgan fingerprint density at radius 3 is 3.07 bits per heavy atom. The summed E-state index contributed by atoms with van der Waals surface area (Å²) in [5, 5.41) is 6.98. The number of hydrogen-bond acceptors (Lipinski definition) is 4. The first-order chi connectivity index (χ1) is 7.45. The molecule has 78 valence electrons. The largest absolute Gasteiger partial charge is 0.465 e. The van der Waals surface area contributed by atoms with Gasteiger partial charge in [-0.05, 0) is 18.2 Å². The van der Waals surface area contributed by atoms with Gasteiger partial charge in [-0.2, -0.15) is 0 Å². The second-order valence-corrected chi connectivity index (χ2v) is 3.04. The van der Waals surface area contributed by atoms with Crippen LogP contribution in [0.5, 0.6) is 0 Å². The molecule has 4 heteroatoms. The summed E-state index contributed by atoms with van der Waals surface area (Å²) in [6, 6.07) is 5.61. The van der Waals surface area contributed by atoms with Crippen LogP contribution >= 0.6 is 0 Å². The smallest absolute Gasteiger partial charge is 0.126 e. The fraction of sp³-hybridized carbons (Fsp3) is 0.182. The van der Waals surface area contributed by atoms with E-state index in [0.717, 1.165) is 18.0 Å². The zero-order chi connectivity index (χ0) is 10.3. The van der Waals surface area contributed by atoms with Crippen LogP contribution in [0.3, 0.4) is 0 Å². The van der Waals surface area contributed by atoms with Crippen molar-refractivity contribution >= 4 is 6.08 Å². The molecule has 0 radical (unpaired) electrons. The van der Waals surface area contributed by atoms with Crippen LogP contribution in [0, 0.1) is 0 Å². The quantitative estimate of drug-likeness (QED) is 0.757. The van der Waals surface area contributed by atoms with Crippen LogP contribution in [-0.2, 0) is 6.54 Å². The number of nitrogens with zero attached hydrogens (tertiary/aromatic N) is 1. The maximum absolute atomic E-state index is 5.14. The highest BCUT2D eigenvalue weighted by atomic mass is 16.5. The van der Waals surface area contributed by atoms with Crippen molar-refractivity contribution in [3.05, 3.63) is 48.3 Å². The first-order valence-corrected chi connectivity index (χ1v) is 4.75. The molecule has 0 aliphatic carbocycles. The summed E-state index contributed by atoms with van der Waals surface area (Å²) in [5.41, 5.74) is 0.904. The molecule has 15 heavy (non-hydrogen) atoms. The molecule has 0 saturated heterocycles.